The highest BCUT2D eigenvalue weighted by molar-refractivity contribution is 6.03. The number of carbonyl (C=O) groups is 1. The zero-order valence-electron chi connectivity index (χ0n) is 13.3. The summed E-state index contributed by atoms with van der Waals surface area (Å²) in [4.78, 5) is 12.4. The van der Waals surface area contributed by atoms with E-state index in [1.165, 1.54) is 18.2 Å². The van der Waals surface area contributed by atoms with E-state index in [2.05, 4.69) is 20.9 Å². The summed E-state index contributed by atoms with van der Waals surface area (Å²) in [6, 6.07) is 5.85. The fourth-order valence-corrected chi connectivity index (χ4v) is 2.89. The average molecular weight is 335 g/mol. The number of anilines is 1. The first-order valence-corrected chi connectivity index (χ1v) is 7.88. The summed E-state index contributed by atoms with van der Waals surface area (Å²) >= 11 is 0. The van der Waals surface area contributed by atoms with Crippen molar-refractivity contribution in [3.63, 3.8) is 0 Å². The highest BCUT2D eigenvalue weighted by Gasteiger charge is 2.23. The SMILES string of the molecule is Cc1c(C(=O)Nc2cccc(C(F)F)c2)nnn1C1CCNCC1. The van der Waals surface area contributed by atoms with Crippen molar-refractivity contribution in [2.45, 2.75) is 32.2 Å². The normalized spacial score (nSPS) is 15.7. The molecule has 2 N–H and O–H groups in total. The highest BCUT2D eigenvalue weighted by Crippen LogP contribution is 2.23. The molecule has 1 saturated heterocycles. The van der Waals surface area contributed by atoms with Crippen LogP contribution in [0, 0.1) is 6.92 Å². The van der Waals surface area contributed by atoms with E-state index in [0.717, 1.165) is 25.9 Å². The number of piperidine rings is 1. The lowest BCUT2D eigenvalue weighted by Gasteiger charge is -2.23. The second-order valence-electron chi connectivity index (χ2n) is 5.83. The molecule has 0 radical (unpaired) electrons. The van der Waals surface area contributed by atoms with Gasteiger partial charge in [0.15, 0.2) is 5.69 Å². The van der Waals surface area contributed by atoms with Crippen LogP contribution in [0.4, 0.5) is 14.5 Å². The molecule has 1 aliphatic heterocycles. The zero-order chi connectivity index (χ0) is 17.1. The number of nitrogens with zero attached hydrogens (tertiary/aromatic N) is 3. The Balaban J connectivity index is 1.76. The van der Waals surface area contributed by atoms with Gasteiger partial charge in [0, 0.05) is 11.3 Å². The molecule has 128 valence electrons. The van der Waals surface area contributed by atoms with Crippen LogP contribution in [0.5, 0.6) is 0 Å². The minimum atomic E-state index is -2.58. The van der Waals surface area contributed by atoms with Crippen LogP contribution in [0.2, 0.25) is 0 Å². The van der Waals surface area contributed by atoms with E-state index in [4.69, 9.17) is 0 Å². The first-order chi connectivity index (χ1) is 11.6. The molecule has 6 nitrogen and oxygen atoms in total. The summed E-state index contributed by atoms with van der Waals surface area (Å²) in [5.41, 5.74) is 1.08. The fraction of sp³-hybridized carbons (Fsp3) is 0.438. The average Bonchev–Trinajstić information content (AvgIpc) is 2.97. The third kappa shape index (κ3) is 3.43. The van der Waals surface area contributed by atoms with Crippen LogP contribution < -0.4 is 10.6 Å². The molecule has 1 aliphatic rings. The van der Waals surface area contributed by atoms with Crippen molar-refractivity contribution >= 4 is 11.6 Å². The van der Waals surface area contributed by atoms with Crippen molar-refractivity contribution in [1.82, 2.24) is 20.3 Å². The zero-order valence-corrected chi connectivity index (χ0v) is 13.3. The second-order valence-corrected chi connectivity index (χ2v) is 5.83. The van der Waals surface area contributed by atoms with Crippen molar-refractivity contribution in [3.05, 3.63) is 41.2 Å². The summed E-state index contributed by atoms with van der Waals surface area (Å²) in [5.74, 6) is -0.445. The molecular formula is C16H19F2N5O. The van der Waals surface area contributed by atoms with Crippen molar-refractivity contribution in [2.75, 3.05) is 18.4 Å². The Hall–Kier alpha value is -2.35. The Labute approximate surface area is 138 Å². The van der Waals surface area contributed by atoms with Crippen LogP contribution in [0.15, 0.2) is 24.3 Å². The van der Waals surface area contributed by atoms with Gasteiger partial charge in [-0.3, -0.25) is 4.79 Å². The van der Waals surface area contributed by atoms with E-state index in [9.17, 15) is 13.6 Å². The molecule has 2 heterocycles. The number of nitrogens with one attached hydrogen (secondary N) is 2. The molecule has 0 saturated carbocycles. The number of hydrogen-bond donors (Lipinski definition) is 2. The van der Waals surface area contributed by atoms with Gasteiger partial charge in [0.2, 0.25) is 0 Å². The van der Waals surface area contributed by atoms with Gasteiger partial charge in [-0.1, -0.05) is 17.3 Å². The second kappa shape index (κ2) is 7.04. The van der Waals surface area contributed by atoms with Crippen molar-refractivity contribution in [1.29, 1.82) is 0 Å². The predicted molar refractivity (Wildman–Crippen MR) is 85.3 cm³/mol. The lowest BCUT2D eigenvalue weighted by atomic mass is 10.1. The van der Waals surface area contributed by atoms with Crippen molar-refractivity contribution in [2.24, 2.45) is 0 Å². The van der Waals surface area contributed by atoms with Gasteiger partial charge in [0.05, 0.1) is 11.7 Å². The number of benzene rings is 1. The van der Waals surface area contributed by atoms with Gasteiger partial charge in [-0.15, -0.1) is 5.10 Å². The van der Waals surface area contributed by atoms with Crippen molar-refractivity contribution < 1.29 is 13.6 Å². The predicted octanol–water partition coefficient (Wildman–Crippen LogP) is 2.70. The van der Waals surface area contributed by atoms with Crippen molar-refractivity contribution in [3.8, 4) is 0 Å². The smallest absolute Gasteiger partial charge is 0.278 e. The Morgan fingerprint density at radius 3 is 2.83 bits per heavy atom. The van der Waals surface area contributed by atoms with Crippen LogP contribution in [-0.2, 0) is 0 Å². The molecule has 1 fully saturated rings. The van der Waals surface area contributed by atoms with Crippen LogP contribution >= 0.6 is 0 Å². The number of amides is 1. The molecule has 2 aromatic rings. The summed E-state index contributed by atoms with van der Waals surface area (Å²) in [6.07, 6.45) is -0.715. The van der Waals surface area contributed by atoms with Crippen LogP contribution in [0.25, 0.3) is 0 Å². The first kappa shape index (κ1) is 16.5. The highest BCUT2D eigenvalue weighted by atomic mass is 19.3. The largest absolute Gasteiger partial charge is 0.321 e. The van der Waals surface area contributed by atoms with Gasteiger partial charge in [-0.05, 0) is 45.0 Å². The monoisotopic (exact) mass is 335 g/mol. The summed E-state index contributed by atoms with van der Waals surface area (Å²) in [6.45, 7) is 3.62. The lowest BCUT2D eigenvalue weighted by molar-refractivity contribution is 0.102. The van der Waals surface area contributed by atoms with E-state index in [1.807, 2.05) is 0 Å². The number of alkyl halides is 2. The van der Waals surface area contributed by atoms with Gasteiger partial charge >= 0.3 is 0 Å². The van der Waals surface area contributed by atoms with Gasteiger partial charge in [0.25, 0.3) is 12.3 Å². The van der Waals surface area contributed by atoms with Gasteiger partial charge in [-0.2, -0.15) is 0 Å². The number of halogens is 2. The number of carbonyl (C=O) groups excluding carboxylic acids is 1. The molecule has 1 aromatic carbocycles. The quantitative estimate of drug-likeness (QED) is 0.901. The van der Waals surface area contributed by atoms with E-state index >= 15 is 0 Å². The first-order valence-electron chi connectivity index (χ1n) is 7.88. The maximum absolute atomic E-state index is 12.7. The van der Waals surface area contributed by atoms with Gasteiger partial charge in [0.1, 0.15) is 0 Å². The summed E-state index contributed by atoms with van der Waals surface area (Å²) in [5, 5.41) is 14.0. The lowest BCUT2D eigenvalue weighted by Crippen LogP contribution is -2.30. The van der Waals surface area contributed by atoms with Gasteiger partial charge in [-0.25, -0.2) is 13.5 Å². The number of hydrogen-bond acceptors (Lipinski definition) is 4. The molecule has 8 heteroatoms. The van der Waals surface area contributed by atoms with Crippen LogP contribution in [0.1, 0.15) is 47.1 Å². The molecule has 0 spiro atoms. The molecule has 3 rings (SSSR count). The topological polar surface area (TPSA) is 71.8 Å². The van der Waals surface area contributed by atoms with Crippen LogP contribution in [-0.4, -0.2) is 34.0 Å². The molecule has 1 amide bonds. The molecule has 1 aromatic heterocycles. The Bertz CT molecular complexity index is 725. The fourth-order valence-electron chi connectivity index (χ4n) is 2.89. The molecule has 0 atom stereocenters. The minimum Gasteiger partial charge on any atom is -0.321 e. The summed E-state index contributed by atoms with van der Waals surface area (Å²) < 4.78 is 27.3. The third-order valence-electron chi connectivity index (χ3n) is 4.19. The Morgan fingerprint density at radius 1 is 1.38 bits per heavy atom. The molecule has 0 aliphatic carbocycles. The van der Waals surface area contributed by atoms with Crippen LogP contribution in [0.3, 0.4) is 0 Å². The van der Waals surface area contributed by atoms with Gasteiger partial charge < -0.3 is 10.6 Å². The molecule has 0 bridgehead atoms. The van der Waals surface area contributed by atoms with E-state index in [0.29, 0.717) is 11.4 Å². The Morgan fingerprint density at radius 2 is 2.12 bits per heavy atom. The molecular weight excluding hydrogens is 316 g/mol. The van der Waals surface area contributed by atoms with E-state index in [1.54, 1.807) is 17.7 Å². The number of rotatable bonds is 4. The maximum Gasteiger partial charge on any atom is 0.278 e. The molecule has 24 heavy (non-hydrogen) atoms. The summed E-state index contributed by atoms with van der Waals surface area (Å²) in [7, 11) is 0. The molecule has 0 unspecified atom stereocenters. The maximum atomic E-state index is 12.7. The minimum absolute atomic E-state index is 0.136. The van der Waals surface area contributed by atoms with E-state index in [-0.39, 0.29) is 17.3 Å². The van der Waals surface area contributed by atoms with E-state index < -0.39 is 12.3 Å². The third-order valence-corrected chi connectivity index (χ3v) is 4.19. The Kier molecular flexibility index (Phi) is 4.84. The number of aromatic nitrogens is 3. The standard InChI is InChI=1S/C16H19F2N5O/c1-10-14(21-22-23(10)13-5-7-19-8-6-13)16(24)20-12-4-2-3-11(9-12)15(17)18/h2-4,9,13,15,19H,5-8H2,1H3,(H,20,24).